The molecule has 0 saturated carbocycles. The van der Waals surface area contributed by atoms with Gasteiger partial charge < -0.3 is 15.3 Å². The van der Waals surface area contributed by atoms with Crippen molar-refractivity contribution in [1.82, 2.24) is 10.2 Å². The Morgan fingerprint density at radius 2 is 2.12 bits per heavy atom. The lowest BCUT2D eigenvalue weighted by atomic mass is 10.0. The molecule has 1 aliphatic heterocycles. The van der Waals surface area contributed by atoms with Crippen LogP contribution in [0.25, 0.3) is 0 Å². The van der Waals surface area contributed by atoms with Gasteiger partial charge in [0.2, 0.25) is 5.91 Å². The lowest BCUT2D eigenvalue weighted by Crippen LogP contribution is -2.52. The lowest BCUT2D eigenvalue weighted by molar-refractivity contribution is -0.137. The van der Waals surface area contributed by atoms with Gasteiger partial charge in [0, 0.05) is 12.6 Å². The number of nitrogens with one attached hydrogen (secondary N) is 1. The van der Waals surface area contributed by atoms with Gasteiger partial charge in [-0.1, -0.05) is 20.3 Å². The molecule has 17 heavy (non-hydrogen) atoms. The first-order chi connectivity index (χ1) is 8.24. The van der Waals surface area contributed by atoms with E-state index in [1.165, 1.54) is 0 Å². The molecule has 0 radical (unpaired) electrons. The molecule has 0 spiro atoms. The Morgan fingerprint density at radius 3 is 2.59 bits per heavy atom. The molecule has 1 rings (SSSR count). The van der Waals surface area contributed by atoms with Crippen molar-refractivity contribution >= 4 is 5.91 Å². The molecule has 0 unspecified atom stereocenters. The maximum Gasteiger partial charge on any atom is 0.240 e. The molecule has 0 aromatic rings. The number of amides is 1. The summed E-state index contributed by atoms with van der Waals surface area (Å²) in [5, 5.41) is 12.4. The van der Waals surface area contributed by atoms with Crippen LogP contribution >= 0.6 is 0 Å². The largest absolute Gasteiger partial charge is 0.395 e. The van der Waals surface area contributed by atoms with Crippen molar-refractivity contribution in [2.24, 2.45) is 0 Å². The van der Waals surface area contributed by atoms with E-state index in [1.807, 2.05) is 4.90 Å². The Kier molecular flexibility index (Phi) is 6.52. The molecule has 1 atom stereocenters. The first kappa shape index (κ1) is 14.5. The van der Waals surface area contributed by atoms with Crippen molar-refractivity contribution in [2.45, 2.75) is 58.0 Å². The summed E-state index contributed by atoms with van der Waals surface area (Å²) >= 11 is 0. The zero-order valence-electron chi connectivity index (χ0n) is 11.1. The molecule has 4 nitrogen and oxygen atoms in total. The van der Waals surface area contributed by atoms with Crippen LogP contribution in [0.1, 0.15) is 46.0 Å². The monoisotopic (exact) mass is 242 g/mol. The fourth-order valence-electron chi connectivity index (χ4n) is 2.57. The van der Waals surface area contributed by atoms with Gasteiger partial charge in [-0.25, -0.2) is 0 Å². The van der Waals surface area contributed by atoms with Crippen LogP contribution in [0.5, 0.6) is 0 Å². The summed E-state index contributed by atoms with van der Waals surface area (Å²) in [5.41, 5.74) is 0. The van der Waals surface area contributed by atoms with E-state index in [-0.39, 0.29) is 24.6 Å². The third-order valence-electron chi connectivity index (χ3n) is 3.62. The molecule has 0 bridgehead atoms. The minimum Gasteiger partial charge on any atom is -0.395 e. The van der Waals surface area contributed by atoms with Gasteiger partial charge in [0.1, 0.15) is 0 Å². The van der Waals surface area contributed by atoms with Gasteiger partial charge in [0.25, 0.3) is 0 Å². The van der Waals surface area contributed by atoms with Gasteiger partial charge in [-0.2, -0.15) is 0 Å². The summed E-state index contributed by atoms with van der Waals surface area (Å²) in [7, 11) is 0. The first-order valence-corrected chi connectivity index (χ1v) is 6.89. The minimum atomic E-state index is -0.0316. The molecule has 0 aromatic heterocycles. The molecule has 100 valence electrons. The highest BCUT2D eigenvalue weighted by atomic mass is 16.3. The van der Waals surface area contributed by atoms with Crippen molar-refractivity contribution in [3.63, 3.8) is 0 Å². The Labute approximate surface area is 104 Å². The zero-order valence-corrected chi connectivity index (χ0v) is 11.1. The van der Waals surface area contributed by atoms with Crippen LogP contribution in [0, 0.1) is 0 Å². The van der Waals surface area contributed by atoms with Crippen molar-refractivity contribution in [1.29, 1.82) is 0 Å². The molecule has 1 amide bonds. The highest BCUT2D eigenvalue weighted by Gasteiger charge is 2.28. The number of carbonyl (C=O) groups is 1. The second-order valence-electron chi connectivity index (χ2n) is 4.73. The third-order valence-corrected chi connectivity index (χ3v) is 3.62. The Morgan fingerprint density at radius 1 is 1.41 bits per heavy atom. The van der Waals surface area contributed by atoms with Crippen molar-refractivity contribution < 1.29 is 9.90 Å². The molecule has 1 saturated heterocycles. The molecular weight excluding hydrogens is 216 g/mol. The van der Waals surface area contributed by atoms with Gasteiger partial charge in [-0.3, -0.25) is 4.79 Å². The summed E-state index contributed by atoms with van der Waals surface area (Å²) < 4.78 is 0. The normalized spacial score (nSPS) is 20.6. The van der Waals surface area contributed by atoms with Gasteiger partial charge in [0.05, 0.1) is 12.6 Å². The Hall–Kier alpha value is -0.610. The predicted molar refractivity (Wildman–Crippen MR) is 68.8 cm³/mol. The lowest BCUT2D eigenvalue weighted by Gasteiger charge is -2.34. The zero-order chi connectivity index (χ0) is 12.7. The van der Waals surface area contributed by atoms with E-state index in [2.05, 4.69) is 19.2 Å². The van der Waals surface area contributed by atoms with Crippen LogP contribution in [0.4, 0.5) is 0 Å². The SMILES string of the molecule is CCC(CC)N(CCO)C(=O)[C@@H]1CCCCN1. The van der Waals surface area contributed by atoms with Crippen molar-refractivity contribution in [3.8, 4) is 0 Å². The first-order valence-electron chi connectivity index (χ1n) is 6.89. The summed E-state index contributed by atoms with van der Waals surface area (Å²) in [6, 6.07) is 0.231. The minimum absolute atomic E-state index is 0.0316. The number of aliphatic hydroxyl groups excluding tert-OH is 1. The smallest absolute Gasteiger partial charge is 0.240 e. The predicted octanol–water partition coefficient (Wildman–Crippen LogP) is 1.14. The highest BCUT2D eigenvalue weighted by molar-refractivity contribution is 5.82. The number of carbonyl (C=O) groups excluding carboxylic acids is 1. The maximum atomic E-state index is 12.4. The van der Waals surface area contributed by atoms with Crippen LogP contribution < -0.4 is 5.32 Å². The molecule has 4 heteroatoms. The van der Waals surface area contributed by atoms with Crippen molar-refractivity contribution in [3.05, 3.63) is 0 Å². The van der Waals surface area contributed by atoms with E-state index in [1.54, 1.807) is 0 Å². The topological polar surface area (TPSA) is 52.6 Å². The molecule has 0 aliphatic carbocycles. The molecule has 2 N–H and O–H groups in total. The van der Waals surface area contributed by atoms with Crippen LogP contribution in [-0.2, 0) is 4.79 Å². The van der Waals surface area contributed by atoms with Gasteiger partial charge in [-0.05, 0) is 32.2 Å². The number of aliphatic hydroxyl groups is 1. The Balaban J connectivity index is 2.63. The standard InChI is InChI=1S/C13H26N2O2/c1-3-11(4-2)15(9-10-16)13(17)12-7-5-6-8-14-12/h11-12,14,16H,3-10H2,1-2H3/t12-/m0/s1. The van der Waals surface area contributed by atoms with E-state index in [0.717, 1.165) is 38.6 Å². The van der Waals surface area contributed by atoms with E-state index < -0.39 is 0 Å². The Bertz CT molecular complexity index is 223. The molecule has 0 aromatic carbocycles. The fourth-order valence-corrected chi connectivity index (χ4v) is 2.57. The van der Waals surface area contributed by atoms with Crippen LogP contribution in [0.3, 0.4) is 0 Å². The van der Waals surface area contributed by atoms with Gasteiger partial charge >= 0.3 is 0 Å². The summed E-state index contributed by atoms with van der Waals surface area (Å²) in [5.74, 6) is 0.174. The van der Waals surface area contributed by atoms with E-state index >= 15 is 0 Å². The van der Waals surface area contributed by atoms with Gasteiger partial charge in [-0.15, -0.1) is 0 Å². The number of nitrogens with zero attached hydrogens (tertiary/aromatic N) is 1. The summed E-state index contributed by atoms with van der Waals surface area (Å²) in [4.78, 5) is 14.3. The fraction of sp³-hybridized carbons (Fsp3) is 0.923. The average Bonchev–Trinajstić information content (AvgIpc) is 2.39. The number of rotatable bonds is 6. The van der Waals surface area contributed by atoms with Crippen LogP contribution in [0.2, 0.25) is 0 Å². The molecule has 1 heterocycles. The number of hydrogen-bond acceptors (Lipinski definition) is 3. The molecular formula is C13H26N2O2. The quantitative estimate of drug-likeness (QED) is 0.734. The second kappa shape index (κ2) is 7.67. The van der Waals surface area contributed by atoms with E-state index in [4.69, 9.17) is 5.11 Å². The van der Waals surface area contributed by atoms with Crippen LogP contribution in [0.15, 0.2) is 0 Å². The third kappa shape index (κ3) is 3.96. The maximum absolute atomic E-state index is 12.4. The molecule has 1 aliphatic rings. The average molecular weight is 242 g/mol. The number of hydrogen-bond donors (Lipinski definition) is 2. The van der Waals surface area contributed by atoms with Crippen molar-refractivity contribution in [2.75, 3.05) is 19.7 Å². The van der Waals surface area contributed by atoms with Gasteiger partial charge in [0.15, 0.2) is 0 Å². The summed E-state index contributed by atoms with van der Waals surface area (Å²) in [6.07, 6.45) is 5.12. The highest BCUT2D eigenvalue weighted by Crippen LogP contribution is 2.14. The summed E-state index contributed by atoms with van der Waals surface area (Å²) in [6.45, 7) is 5.64. The second-order valence-corrected chi connectivity index (χ2v) is 4.73. The van der Waals surface area contributed by atoms with E-state index in [0.29, 0.717) is 6.54 Å². The molecule has 1 fully saturated rings. The van der Waals surface area contributed by atoms with E-state index in [9.17, 15) is 4.79 Å². The van der Waals surface area contributed by atoms with Crippen LogP contribution in [-0.4, -0.2) is 47.7 Å². The number of piperidine rings is 1.